The highest BCUT2D eigenvalue weighted by Crippen LogP contribution is 2.41. The number of carbonyl (C=O) groups excluding carboxylic acids is 4. The van der Waals surface area contributed by atoms with E-state index >= 15 is 0 Å². The monoisotopic (exact) mass is 687 g/mol. The summed E-state index contributed by atoms with van der Waals surface area (Å²) in [7, 11) is 2.26. The fourth-order valence-electron chi connectivity index (χ4n) is 8.69. The van der Waals surface area contributed by atoms with E-state index < -0.39 is 23.8 Å². The van der Waals surface area contributed by atoms with Crippen LogP contribution in [0.15, 0.2) is 55.0 Å². The van der Waals surface area contributed by atoms with Crippen molar-refractivity contribution in [1.29, 1.82) is 0 Å². The predicted octanol–water partition coefficient (Wildman–Crippen LogP) is 4.02. The maximum absolute atomic E-state index is 13.1. The number of rotatable bonds is 9. The van der Waals surface area contributed by atoms with Gasteiger partial charge in [0.15, 0.2) is 0 Å². The number of piperazine rings is 1. The van der Waals surface area contributed by atoms with Crippen LogP contribution in [0.3, 0.4) is 0 Å². The van der Waals surface area contributed by atoms with E-state index in [0.717, 1.165) is 78.2 Å². The summed E-state index contributed by atoms with van der Waals surface area (Å²) in [5, 5.41) is 10.3. The summed E-state index contributed by atoms with van der Waals surface area (Å²) in [6, 6.07) is 12.2. The second kappa shape index (κ2) is 12.6. The van der Waals surface area contributed by atoms with Gasteiger partial charge in [-0.15, -0.1) is 0 Å². The molecule has 2 aromatic heterocycles. The molecule has 13 heteroatoms. The molecule has 3 saturated heterocycles. The van der Waals surface area contributed by atoms with Gasteiger partial charge in [0.2, 0.25) is 11.8 Å². The third kappa shape index (κ3) is 5.73. The summed E-state index contributed by atoms with van der Waals surface area (Å²) in [5.74, 6) is -1.36. The first-order chi connectivity index (χ1) is 24.8. The van der Waals surface area contributed by atoms with E-state index in [1.165, 1.54) is 18.5 Å². The molecule has 262 valence electrons. The van der Waals surface area contributed by atoms with Crippen LogP contribution in [0.1, 0.15) is 78.1 Å². The minimum atomic E-state index is -0.964. The lowest BCUT2D eigenvalue weighted by Crippen LogP contribution is -2.54. The number of nitrogens with one attached hydrogen (secondary N) is 2. The Labute approximate surface area is 295 Å². The van der Waals surface area contributed by atoms with Gasteiger partial charge in [-0.3, -0.25) is 44.0 Å². The van der Waals surface area contributed by atoms with Gasteiger partial charge in [0, 0.05) is 61.3 Å². The van der Waals surface area contributed by atoms with E-state index in [0.29, 0.717) is 24.0 Å². The first kappa shape index (κ1) is 31.8. The van der Waals surface area contributed by atoms with E-state index in [-0.39, 0.29) is 29.9 Å². The van der Waals surface area contributed by atoms with Gasteiger partial charge >= 0.3 is 0 Å². The van der Waals surface area contributed by atoms with Gasteiger partial charge in [-0.25, -0.2) is 4.98 Å². The van der Waals surface area contributed by atoms with Gasteiger partial charge in [-0.1, -0.05) is 0 Å². The van der Waals surface area contributed by atoms with Crippen LogP contribution in [0.4, 0.5) is 11.4 Å². The summed E-state index contributed by atoms with van der Waals surface area (Å²) in [5.41, 5.74) is 6.19. The lowest BCUT2D eigenvalue weighted by molar-refractivity contribution is -0.136. The van der Waals surface area contributed by atoms with Crippen molar-refractivity contribution in [2.45, 2.75) is 75.5 Å². The Morgan fingerprint density at radius 2 is 1.69 bits per heavy atom. The average Bonchev–Trinajstić information content (AvgIpc) is 3.73. The first-order valence-electron chi connectivity index (χ1n) is 18.2. The van der Waals surface area contributed by atoms with E-state index in [9.17, 15) is 19.2 Å². The van der Waals surface area contributed by atoms with Crippen LogP contribution in [-0.4, -0.2) is 98.0 Å². The number of benzene rings is 2. The Morgan fingerprint density at radius 3 is 2.49 bits per heavy atom. The summed E-state index contributed by atoms with van der Waals surface area (Å²) in [6.07, 6.45) is 12.8. The number of aromatic nitrogens is 4. The molecule has 0 radical (unpaired) electrons. The molecule has 0 spiro atoms. The van der Waals surface area contributed by atoms with Crippen LogP contribution in [0.25, 0.3) is 22.3 Å². The van der Waals surface area contributed by atoms with Gasteiger partial charge in [-0.2, -0.15) is 5.10 Å². The Kier molecular flexibility index (Phi) is 7.82. The van der Waals surface area contributed by atoms with Gasteiger partial charge in [0.05, 0.1) is 46.3 Å². The van der Waals surface area contributed by atoms with Gasteiger partial charge in [0.25, 0.3) is 11.8 Å². The van der Waals surface area contributed by atoms with Crippen molar-refractivity contribution < 1.29 is 19.2 Å². The molecule has 4 aliphatic heterocycles. The molecular weight excluding hydrogens is 646 g/mol. The predicted molar refractivity (Wildman–Crippen MR) is 190 cm³/mol. The number of hydrogen-bond donors (Lipinski definition) is 2. The smallest absolute Gasteiger partial charge is 0.262 e. The highest BCUT2D eigenvalue weighted by atomic mass is 16.2. The Morgan fingerprint density at radius 1 is 0.882 bits per heavy atom. The summed E-state index contributed by atoms with van der Waals surface area (Å²) in [4.78, 5) is 65.7. The van der Waals surface area contributed by atoms with Gasteiger partial charge < -0.3 is 10.2 Å². The number of carbonyl (C=O) groups is 4. The van der Waals surface area contributed by atoms with Crippen LogP contribution in [0.5, 0.6) is 0 Å². The molecule has 4 fully saturated rings. The molecule has 1 saturated carbocycles. The zero-order valence-electron chi connectivity index (χ0n) is 28.6. The largest absolute Gasteiger partial charge is 0.385 e. The Balaban J connectivity index is 0.762. The molecule has 1 aliphatic carbocycles. The SMILES string of the molecule is CN1C2CCC1CN(c1ccc3ncc(-c4cnn(C5CC(CCCNc6ccc7c(c6)C(=O)N(C6CCC(=O)NC6=O)C7=O)C5)c4)nc3c1)C2. The molecule has 13 nitrogen and oxygen atoms in total. The van der Waals surface area contributed by atoms with E-state index in [1.54, 1.807) is 18.2 Å². The summed E-state index contributed by atoms with van der Waals surface area (Å²) in [6.45, 7) is 2.86. The topological polar surface area (TPSA) is 146 Å². The quantitative estimate of drug-likeness (QED) is 0.196. The fraction of sp³-hybridized carbons (Fsp3) is 0.447. The van der Waals surface area contributed by atoms with E-state index in [4.69, 9.17) is 15.1 Å². The molecule has 4 aromatic rings. The Hall–Kier alpha value is -5.17. The zero-order chi connectivity index (χ0) is 34.8. The number of nitrogens with zero attached hydrogens (tertiary/aromatic N) is 7. The standard InChI is InChI=1S/C38H41N9O4/c1-44-26-5-6-27(44)21-45(20-26)25-7-9-31-32(16-25)42-33(18-40-31)23-17-41-46(19-23)28-13-22(14-28)3-2-12-39-24-4-8-29-30(15-24)38(51)47(37(29)50)34-10-11-35(48)43-36(34)49/h4,7-9,15-19,22,26-28,34,39H,2-3,5-6,10-14,20-21H2,1H3,(H,43,48,49). The molecule has 51 heavy (non-hydrogen) atoms. The van der Waals surface area contributed by atoms with Crippen molar-refractivity contribution in [3.8, 4) is 11.3 Å². The molecule has 6 heterocycles. The number of fused-ring (bicyclic) bond motifs is 4. The van der Waals surface area contributed by atoms with E-state index in [2.05, 4.69) is 56.6 Å². The minimum absolute atomic E-state index is 0.0980. The van der Waals surface area contributed by atoms with Crippen LogP contribution in [0, 0.1) is 5.92 Å². The van der Waals surface area contributed by atoms with Crippen molar-refractivity contribution in [3.05, 3.63) is 66.1 Å². The second-order valence-electron chi connectivity index (χ2n) is 14.9. The van der Waals surface area contributed by atoms with Crippen LogP contribution in [0.2, 0.25) is 0 Å². The highest BCUT2D eigenvalue weighted by Gasteiger charge is 2.44. The van der Waals surface area contributed by atoms with Crippen LogP contribution >= 0.6 is 0 Å². The molecule has 3 atom stereocenters. The summed E-state index contributed by atoms with van der Waals surface area (Å²) < 4.78 is 2.08. The number of amides is 4. The maximum atomic E-state index is 13.1. The van der Waals surface area contributed by atoms with E-state index in [1.807, 2.05) is 12.4 Å². The van der Waals surface area contributed by atoms with Crippen molar-refractivity contribution in [2.75, 3.05) is 36.9 Å². The van der Waals surface area contributed by atoms with Crippen LogP contribution in [-0.2, 0) is 9.59 Å². The Bertz CT molecular complexity index is 2060. The van der Waals surface area contributed by atoms with Gasteiger partial charge in [-0.05, 0) is 94.3 Å². The molecular formula is C38H41N9O4. The molecule has 5 aliphatic rings. The third-order valence-electron chi connectivity index (χ3n) is 11.8. The van der Waals surface area contributed by atoms with Gasteiger partial charge in [0.1, 0.15) is 6.04 Å². The second-order valence-corrected chi connectivity index (χ2v) is 14.9. The van der Waals surface area contributed by atoms with Crippen molar-refractivity contribution in [1.82, 2.24) is 34.9 Å². The van der Waals surface area contributed by atoms with Crippen molar-refractivity contribution >= 4 is 46.0 Å². The van der Waals surface area contributed by atoms with Crippen molar-refractivity contribution in [3.63, 3.8) is 0 Å². The number of imide groups is 2. The lowest BCUT2D eigenvalue weighted by atomic mass is 9.77. The number of likely N-dealkylation sites (N-methyl/N-ethyl adjacent to an activating group) is 1. The molecule has 4 amide bonds. The molecule has 2 aromatic carbocycles. The number of piperidine rings is 1. The fourth-order valence-corrected chi connectivity index (χ4v) is 8.69. The molecule has 9 rings (SSSR count). The van der Waals surface area contributed by atoms with Crippen LogP contribution < -0.4 is 15.5 Å². The first-order valence-corrected chi connectivity index (χ1v) is 18.2. The lowest BCUT2D eigenvalue weighted by Gasteiger charge is -2.40. The molecule has 2 bridgehead atoms. The van der Waals surface area contributed by atoms with Crippen molar-refractivity contribution in [2.24, 2.45) is 5.92 Å². The number of anilines is 2. The normalized spacial score (nSPS) is 26.1. The zero-order valence-corrected chi connectivity index (χ0v) is 28.6. The minimum Gasteiger partial charge on any atom is -0.385 e. The maximum Gasteiger partial charge on any atom is 0.262 e. The number of hydrogen-bond acceptors (Lipinski definition) is 10. The third-order valence-corrected chi connectivity index (χ3v) is 11.8. The summed E-state index contributed by atoms with van der Waals surface area (Å²) >= 11 is 0. The molecule has 3 unspecified atom stereocenters. The molecule has 2 N–H and O–H groups in total. The average molecular weight is 688 g/mol. The highest BCUT2D eigenvalue weighted by molar-refractivity contribution is 6.23.